The van der Waals surface area contributed by atoms with Crippen LogP contribution >= 0.6 is 0 Å². The van der Waals surface area contributed by atoms with Crippen molar-refractivity contribution in [2.24, 2.45) is 10.9 Å². The number of carbonyl (C=O) groups is 1. The minimum Gasteiger partial charge on any atom is -0.314 e. The SMILES string of the molecule is CC(=O)C1C(C)=N[C@@H](c2ccccc2)[NH2+][C@H]1c1ccccc1. The third-order valence-corrected chi connectivity index (χ3v) is 4.31. The van der Waals surface area contributed by atoms with Crippen LogP contribution in [0.3, 0.4) is 0 Å². The van der Waals surface area contributed by atoms with E-state index < -0.39 is 0 Å². The van der Waals surface area contributed by atoms with Gasteiger partial charge in [-0.2, -0.15) is 0 Å². The average molecular weight is 293 g/mol. The van der Waals surface area contributed by atoms with Gasteiger partial charge in [0.2, 0.25) is 6.17 Å². The van der Waals surface area contributed by atoms with Crippen LogP contribution in [0.1, 0.15) is 37.2 Å². The zero-order valence-electron chi connectivity index (χ0n) is 12.9. The molecule has 0 spiro atoms. The van der Waals surface area contributed by atoms with E-state index in [-0.39, 0.29) is 23.9 Å². The maximum Gasteiger partial charge on any atom is 0.206 e. The zero-order valence-corrected chi connectivity index (χ0v) is 12.9. The molecule has 2 aromatic carbocycles. The number of benzene rings is 2. The average Bonchev–Trinajstić information content (AvgIpc) is 2.55. The number of Topliss-reactive ketones (excluding diaryl/α,β-unsaturated/α-hetero) is 1. The van der Waals surface area contributed by atoms with E-state index in [1.165, 1.54) is 11.1 Å². The van der Waals surface area contributed by atoms with E-state index in [0.717, 1.165) is 5.71 Å². The summed E-state index contributed by atoms with van der Waals surface area (Å²) in [6, 6.07) is 20.6. The molecule has 3 atom stereocenters. The molecule has 2 N–H and O–H groups in total. The van der Waals surface area contributed by atoms with Gasteiger partial charge >= 0.3 is 0 Å². The molecule has 0 aromatic heterocycles. The van der Waals surface area contributed by atoms with Crippen molar-refractivity contribution >= 4 is 11.5 Å². The molecule has 1 heterocycles. The van der Waals surface area contributed by atoms with Crippen LogP contribution in [0.4, 0.5) is 0 Å². The Kier molecular flexibility index (Phi) is 4.16. The fourth-order valence-corrected chi connectivity index (χ4v) is 3.27. The number of rotatable bonds is 3. The lowest BCUT2D eigenvalue weighted by molar-refractivity contribution is -0.738. The minimum atomic E-state index is -0.151. The van der Waals surface area contributed by atoms with E-state index in [4.69, 9.17) is 4.99 Å². The van der Waals surface area contributed by atoms with Crippen molar-refractivity contribution in [3.05, 3.63) is 71.8 Å². The maximum absolute atomic E-state index is 12.1. The maximum atomic E-state index is 12.1. The first-order valence-electron chi connectivity index (χ1n) is 7.66. The molecule has 3 rings (SSSR count). The van der Waals surface area contributed by atoms with Crippen molar-refractivity contribution in [1.29, 1.82) is 0 Å². The van der Waals surface area contributed by atoms with Crippen LogP contribution in [0.15, 0.2) is 65.7 Å². The molecule has 112 valence electrons. The van der Waals surface area contributed by atoms with Crippen molar-refractivity contribution < 1.29 is 10.1 Å². The van der Waals surface area contributed by atoms with Crippen LogP contribution in [-0.2, 0) is 4.79 Å². The predicted octanol–water partition coefficient (Wildman–Crippen LogP) is 2.67. The van der Waals surface area contributed by atoms with Gasteiger partial charge in [0.15, 0.2) is 0 Å². The standard InChI is InChI=1S/C19H20N2O/c1-13-17(14(2)22)18(15-9-5-3-6-10-15)21-19(20-13)16-11-7-4-8-12-16/h3-12,17-19,21H,1-2H3/p+1/t17?,18-,19+/m0/s1. The molecule has 1 aliphatic heterocycles. The van der Waals surface area contributed by atoms with Crippen LogP contribution in [0, 0.1) is 5.92 Å². The highest BCUT2D eigenvalue weighted by Crippen LogP contribution is 2.27. The highest BCUT2D eigenvalue weighted by atomic mass is 16.1. The summed E-state index contributed by atoms with van der Waals surface area (Å²) in [6.45, 7) is 3.64. The molecule has 0 fully saturated rings. The molecule has 3 nitrogen and oxygen atoms in total. The monoisotopic (exact) mass is 293 g/mol. The summed E-state index contributed by atoms with van der Waals surface area (Å²) in [6.07, 6.45) is 0.0157. The number of quaternary nitrogens is 1. The number of hydrogen-bond acceptors (Lipinski definition) is 2. The molecule has 0 amide bonds. The number of hydrogen-bond donors (Lipinski definition) is 1. The Balaban J connectivity index is 2.01. The molecule has 1 aliphatic rings. The topological polar surface area (TPSA) is 46.0 Å². The number of nitrogens with two attached hydrogens (primary N) is 1. The lowest BCUT2D eigenvalue weighted by Crippen LogP contribution is -2.89. The van der Waals surface area contributed by atoms with Crippen LogP contribution in [0.2, 0.25) is 0 Å². The third kappa shape index (κ3) is 2.85. The van der Waals surface area contributed by atoms with Crippen molar-refractivity contribution in [1.82, 2.24) is 0 Å². The van der Waals surface area contributed by atoms with Gasteiger partial charge in [0, 0.05) is 16.8 Å². The van der Waals surface area contributed by atoms with Crippen LogP contribution in [0.25, 0.3) is 0 Å². The predicted molar refractivity (Wildman–Crippen MR) is 87.6 cm³/mol. The van der Waals surface area contributed by atoms with Gasteiger partial charge in [-0.25, -0.2) is 4.99 Å². The van der Waals surface area contributed by atoms with Gasteiger partial charge in [-0.1, -0.05) is 60.7 Å². The van der Waals surface area contributed by atoms with Gasteiger partial charge in [-0.05, 0) is 13.8 Å². The van der Waals surface area contributed by atoms with Crippen molar-refractivity contribution in [2.75, 3.05) is 0 Å². The summed E-state index contributed by atoms with van der Waals surface area (Å²) in [5, 5.41) is 2.21. The molecule has 0 bridgehead atoms. The first kappa shape index (κ1) is 14.7. The van der Waals surface area contributed by atoms with Crippen molar-refractivity contribution in [3.63, 3.8) is 0 Å². The summed E-state index contributed by atoms with van der Waals surface area (Å²) in [5.41, 5.74) is 3.28. The van der Waals surface area contributed by atoms with E-state index in [0.29, 0.717) is 0 Å². The minimum absolute atomic E-state index is 0.0157. The van der Waals surface area contributed by atoms with Crippen LogP contribution in [0.5, 0.6) is 0 Å². The van der Waals surface area contributed by atoms with Gasteiger partial charge in [0.1, 0.15) is 17.7 Å². The number of nitrogens with zero attached hydrogens (tertiary/aromatic N) is 1. The van der Waals surface area contributed by atoms with Gasteiger partial charge in [-0.15, -0.1) is 0 Å². The summed E-state index contributed by atoms with van der Waals surface area (Å²) in [4.78, 5) is 16.9. The van der Waals surface area contributed by atoms with Crippen molar-refractivity contribution in [2.45, 2.75) is 26.1 Å². The van der Waals surface area contributed by atoms with E-state index in [2.05, 4.69) is 29.6 Å². The molecule has 0 aliphatic carbocycles. The quantitative estimate of drug-likeness (QED) is 0.929. The van der Waals surface area contributed by atoms with E-state index in [1.807, 2.05) is 43.3 Å². The van der Waals surface area contributed by atoms with Crippen LogP contribution in [-0.4, -0.2) is 11.5 Å². The largest absolute Gasteiger partial charge is 0.314 e. The van der Waals surface area contributed by atoms with Crippen LogP contribution < -0.4 is 5.32 Å². The summed E-state index contributed by atoms with van der Waals surface area (Å²) in [7, 11) is 0. The Morgan fingerprint density at radius 2 is 1.50 bits per heavy atom. The molecule has 1 unspecified atom stereocenters. The van der Waals surface area contributed by atoms with E-state index in [9.17, 15) is 4.79 Å². The lowest BCUT2D eigenvalue weighted by Gasteiger charge is -2.31. The summed E-state index contributed by atoms with van der Waals surface area (Å²) < 4.78 is 0. The molecule has 0 radical (unpaired) electrons. The van der Waals surface area contributed by atoms with E-state index >= 15 is 0 Å². The molecule has 0 saturated carbocycles. The Morgan fingerprint density at radius 1 is 0.955 bits per heavy atom. The number of carbonyl (C=O) groups excluding carboxylic acids is 1. The Bertz CT molecular complexity index is 679. The molecule has 3 heteroatoms. The molecule has 22 heavy (non-hydrogen) atoms. The van der Waals surface area contributed by atoms with Gasteiger partial charge in [0.25, 0.3) is 0 Å². The third-order valence-electron chi connectivity index (χ3n) is 4.31. The first-order chi connectivity index (χ1) is 10.7. The molecular weight excluding hydrogens is 272 g/mol. The number of aliphatic imine (C=N–C) groups is 1. The second-order valence-corrected chi connectivity index (χ2v) is 5.84. The highest BCUT2D eigenvalue weighted by Gasteiger charge is 2.38. The second-order valence-electron chi connectivity index (χ2n) is 5.84. The second kappa shape index (κ2) is 6.24. The highest BCUT2D eigenvalue weighted by molar-refractivity contribution is 6.04. The Hall–Kier alpha value is -2.26. The van der Waals surface area contributed by atoms with Gasteiger partial charge in [0.05, 0.1) is 0 Å². The van der Waals surface area contributed by atoms with Crippen molar-refractivity contribution in [3.8, 4) is 0 Å². The summed E-state index contributed by atoms with van der Waals surface area (Å²) in [5.74, 6) is 0.0280. The fraction of sp³-hybridized carbons (Fsp3) is 0.263. The van der Waals surface area contributed by atoms with Gasteiger partial charge < -0.3 is 5.32 Å². The lowest BCUT2D eigenvalue weighted by atomic mass is 9.84. The Morgan fingerprint density at radius 3 is 2.05 bits per heavy atom. The summed E-state index contributed by atoms with van der Waals surface area (Å²) >= 11 is 0. The smallest absolute Gasteiger partial charge is 0.206 e. The Labute approximate surface area is 131 Å². The van der Waals surface area contributed by atoms with Gasteiger partial charge in [-0.3, -0.25) is 4.79 Å². The molecule has 0 saturated heterocycles. The number of ketones is 1. The first-order valence-corrected chi connectivity index (χ1v) is 7.66. The molecular formula is C19H21N2O+. The zero-order chi connectivity index (χ0) is 15.5. The molecule has 2 aromatic rings. The van der Waals surface area contributed by atoms with E-state index in [1.54, 1.807) is 6.92 Å². The normalized spacial score (nSPS) is 24.6. The fourth-order valence-electron chi connectivity index (χ4n) is 3.27.